The molecule has 0 aliphatic heterocycles. The molecule has 0 saturated heterocycles. The maximum atomic E-state index is 10.8. The number of nitrogens with two attached hydrogens (primary N) is 2. The van der Waals surface area contributed by atoms with Crippen LogP contribution in [0.25, 0.3) is 0 Å². The van der Waals surface area contributed by atoms with Gasteiger partial charge in [-0.05, 0) is 18.2 Å². The number of carbonyl (C=O) groups excluding carboxylic acids is 2. The third-order valence-corrected chi connectivity index (χ3v) is 1.77. The molecule has 0 atom stereocenters. The summed E-state index contributed by atoms with van der Waals surface area (Å²) in [6.07, 6.45) is 0. The van der Waals surface area contributed by atoms with Crippen LogP contribution in [0.3, 0.4) is 0 Å². The van der Waals surface area contributed by atoms with Crippen LogP contribution in [0, 0.1) is 0 Å². The van der Waals surface area contributed by atoms with Crippen molar-refractivity contribution in [3.63, 3.8) is 0 Å². The van der Waals surface area contributed by atoms with E-state index in [0.29, 0.717) is 11.4 Å². The molecule has 18 heavy (non-hydrogen) atoms. The molecule has 98 valence electrons. The zero-order chi connectivity index (χ0) is 13.4. The average Bonchev–Trinajstić information content (AvgIpc) is 2.42. The SMILES string of the molecule is NNC(=O)NNc1cccc(NNC(=O)NN)c1. The Morgan fingerprint density at radius 1 is 0.889 bits per heavy atom. The molecule has 10 N–H and O–H groups in total. The minimum absolute atomic E-state index is 0.582. The van der Waals surface area contributed by atoms with E-state index in [1.54, 1.807) is 24.3 Å². The van der Waals surface area contributed by atoms with Gasteiger partial charge in [0.1, 0.15) is 0 Å². The van der Waals surface area contributed by atoms with Crippen molar-refractivity contribution in [3.05, 3.63) is 24.3 Å². The van der Waals surface area contributed by atoms with Gasteiger partial charge in [-0.3, -0.25) is 32.6 Å². The van der Waals surface area contributed by atoms with Crippen LogP contribution in [0.2, 0.25) is 0 Å². The van der Waals surface area contributed by atoms with Crippen LogP contribution >= 0.6 is 0 Å². The summed E-state index contributed by atoms with van der Waals surface area (Å²) in [6, 6.07) is 5.56. The Morgan fingerprint density at radius 2 is 1.33 bits per heavy atom. The Kier molecular flexibility index (Phi) is 5.02. The Labute approximate surface area is 102 Å². The van der Waals surface area contributed by atoms with Crippen LogP contribution < -0.4 is 44.2 Å². The molecule has 0 fully saturated rings. The molecule has 1 aromatic carbocycles. The predicted molar refractivity (Wildman–Crippen MR) is 65.4 cm³/mol. The molecule has 10 heteroatoms. The number of amides is 4. The molecule has 10 nitrogen and oxygen atoms in total. The number of urea groups is 2. The summed E-state index contributed by atoms with van der Waals surface area (Å²) in [7, 11) is 0. The van der Waals surface area contributed by atoms with Gasteiger partial charge in [-0.2, -0.15) is 0 Å². The second-order valence-corrected chi connectivity index (χ2v) is 3.03. The molecule has 0 heterocycles. The van der Waals surface area contributed by atoms with E-state index >= 15 is 0 Å². The van der Waals surface area contributed by atoms with Crippen molar-refractivity contribution in [2.45, 2.75) is 0 Å². The van der Waals surface area contributed by atoms with Crippen molar-refractivity contribution in [2.24, 2.45) is 11.7 Å². The molecular formula is C8H14N8O2. The maximum absolute atomic E-state index is 10.8. The molecule has 0 radical (unpaired) electrons. The van der Waals surface area contributed by atoms with Crippen molar-refractivity contribution in [1.29, 1.82) is 0 Å². The quantitative estimate of drug-likeness (QED) is 0.189. The van der Waals surface area contributed by atoms with Crippen LogP contribution in [-0.4, -0.2) is 12.1 Å². The third kappa shape index (κ3) is 4.42. The highest BCUT2D eigenvalue weighted by atomic mass is 16.2. The molecule has 0 saturated carbocycles. The topological polar surface area (TPSA) is 158 Å². The lowest BCUT2D eigenvalue weighted by atomic mass is 10.3. The molecule has 0 aliphatic carbocycles. The van der Waals surface area contributed by atoms with E-state index in [9.17, 15) is 9.59 Å². The minimum Gasteiger partial charge on any atom is -0.297 e. The monoisotopic (exact) mass is 254 g/mol. The zero-order valence-electron chi connectivity index (χ0n) is 9.28. The molecule has 0 unspecified atom stereocenters. The fourth-order valence-corrected chi connectivity index (χ4v) is 1.00. The smallest absolute Gasteiger partial charge is 0.297 e. The van der Waals surface area contributed by atoms with Crippen LogP contribution in [0.1, 0.15) is 0 Å². The van der Waals surface area contributed by atoms with E-state index in [2.05, 4.69) is 21.7 Å². The number of rotatable bonds is 4. The third-order valence-electron chi connectivity index (χ3n) is 1.77. The van der Waals surface area contributed by atoms with Gasteiger partial charge in [0.25, 0.3) is 0 Å². The summed E-state index contributed by atoms with van der Waals surface area (Å²) < 4.78 is 0. The highest BCUT2D eigenvalue weighted by Crippen LogP contribution is 2.13. The van der Waals surface area contributed by atoms with Gasteiger partial charge < -0.3 is 0 Å². The molecule has 0 bridgehead atoms. The van der Waals surface area contributed by atoms with E-state index in [4.69, 9.17) is 11.7 Å². The van der Waals surface area contributed by atoms with Crippen LogP contribution in [0.15, 0.2) is 24.3 Å². The number of carbonyl (C=O) groups is 2. The van der Waals surface area contributed by atoms with Crippen LogP contribution in [0.5, 0.6) is 0 Å². The van der Waals surface area contributed by atoms with Gasteiger partial charge in [0.15, 0.2) is 0 Å². The van der Waals surface area contributed by atoms with Crippen molar-refractivity contribution >= 4 is 23.4 Å². The minimum atomic E-state index is -0.589. The number of hydrogen-bond acceptors (Lipinski definition) is 6. The summed E-state index contributed by atoms with van der Waals surface area (Å²) >= 11 is 0. The van der Waals surface area contributed by atoms with Crippen LogP contribution in [-0.2, 0) is 0 Å². The number of hydrazine groups is 4. The van der Waals surface area contributed by atoms with Crippen molar-refractivity contribution in [1.82, 2.24) is 21.7 Å². The van der Waals surface area contributed by atoms with E-state index in [0.717, 1.165) is 0 Å². The van der Waals surface area contributed by atoms with Gasteiger partial charge in [0, 0.05) is 0 Å². The summed E-state index contributed by atoms with van der Waals surface area (Å²) in [4.78, 5) is 21.6. The molecule has 1 rings (SSSR count). The summed E-state index contributed by atoms with van der Waals surface area (Å²) in [5, 5.41) is 0. The Hall–Kier alpha value is -2.72. The number of nitrogens with one attached hydrogen (secondary N) is 6. The normalized spacial score (nSPS) is 9.00. The van der Waals surface area contributed by atoms with Crippen molar-refractivity contribution in [3.8, 4) is 0 Å². The average molecular weight is 254 g/mol. The first-order valence-electron chi connectivity index (χ1n) is 4.81. The number of hydrogen-bond donors (Lipinski definition) is 8. The first kappa shape index (κ1) is 13.3. The van der Waals surface area contributed by atoms with Gasteiger partial charge >= 0.3 is 12.1 Å². The van der Waals surface area contributed by atoms with Crippen molar-refractivity contribution < 1.29 is 9.59 Å². The molecule has 0 spiro atoms. The first-order valence-corrected chi connectivity index (χ1v) is 4.81. The Balaban J connectivity index is 2.51. The largest absolute Gasteiger partial charge is 0.347 e. The summed E-state index contributed by atoms with van der Waals surface area (Å²) in [6.45, 7) is 0. The standard InChI is InChI=1S/C8H14N8O2/c9-11-7(17)15-13-5-2-1-3-6(4-5)14-16-8(18)12-10/h1-4,13-14H,9-10H2,(H2,11,15,17)(H2,12,16,18). The predicted octanol–water partition coefficient (Wildman–Crippen LogP) is -1.31. The van der Waals surface area contributed by atoms with Gasteiger partial charge in [0.05, 0.1) is 11.4 Å². The first-order chi connectivity index (χ1) is 8.65. The number of benzene rings is 1. The maximum Gasteiger partial charge on any atom is 0.347 e. The lowest BCUT2D eigenvalue weighted by Gasteiger charge is -2.11. The molecule has 0 aliphatic rings. The molecule has 4 amide bonds. The fraction of sp³-hybridized carbons (Fsp3) is 0. The second kappa shape index (κ2) is 6.78. The lowest BCUT2D eigenvalue weighted by molar-refractivity contribution is 0.242. The van der Waals surface area contributed by atoms with Gasteiger partial charge in [-0.15, -0.1) is 0 Å². The van der Waals surface area contributed by atoms with E-state index in [1.165, 1.54) is 0 Å². The van der Waals surface area contributed by atoms with Gasteiger partial charge in [0.2, 0.25) is 0 Å². The highest BCUT2D eigenvalue weighted by Gasteiger charge is 1.99. The number of anilines is 2. The molecule has 0 aromatic heterocycles. The van der Waals surface area contributed by atoms with Crippen LogP contribution in [0.4, 0.5) is 21.0 Å². The zero-order valence-corrected chi connectivity index (χ0v) is 9.28. The molecular weight excluding hydrogens is 240 g/mol. The highest BCUT2D eigenvalue weighted by molar-refractivity contribution is 5.76. The van der Waals surface area contributed by atoms with E-state index in [1.807, 2.05) is 10.9 Å². The van der Waals surface area contributed by atoms with E-state index < -0.39 is 12.1 Å². The van der Waals surface area contributed by atoms with E-state index in [-0.39, 0.29) is 0 Å². The molecule has 1 aromatic rings. The summed E-state index contributed by atoms with van der Waals surface area (Å²) in [5.41, 5.74) is 14.7. The Bertz CT molecular complexity index is 388. The fourth-order valence-electron chi connectivity index (χ4n) is 1.00. The van der Waals surface area contributed by atoms with Gasteiger partial charge in [-0.1, -0.05) is 6.07 Å². The lowest BCUT2D eigenvalue weighted by Crippen LogP contribution is -2.43. The van der Waals surface area contributed by atoms with Crippen molar-refractivity contribution in [2.75, 3.05) is 10.9 Å². The summed E-state index contributed by atoms with van der Waals surface area (Å²) in [5.74, 6) is 9.76. The van der Waals surface area contributed by atoms with Gasteiger partial charge in [-0.25, -0.2) is 21.3 Å². The Morgan fingerprint density at radius 3 is 1.72 bits per heavy atom. The second-order valence-electron chi connectivity index (χ2n) is 3.03.